The summed E-state index contributed by atoms with van der Waals surface area (Å²) in [5.41, 5.74) is 1.73. The second-order valence-corrected chi connectivity index (χ2v) is 5.70. The minimum atomic E-state index is -0.244. The van der Waals surface area contributed by atoms with Crippen molar-refractivity contribution in [1.29, 1.82) is 0 Å². The molecule has 0 aromatic heterocycles. The fourth-order valence-corrected chi connectivity index (χ4v) is 2.61. The molecule has 0 radical (unpaired) electrons. The number of benzene rings is 2. The Bertz CT molecular complexity index is 603. The van der Waals surface area contributed by atoms with E-state index in [2.05, 4.69) is 35.1 Å². The average molecular weight is 352 g/mol. The van der Waals surface area contributed by atoms with Crippen LogP contribution in [0, 0.1) is 5.82 Å². The molecule has 0 bridgehead atoms. The highest BCUT2D eigenvalue weighted by molar-refractivity contribution is 9.10. The summed E-state index contributed by atoms with van der Waals surface area (Å²) in [5, 5.41) is 3.36. The molecule has 0 fully saturated rings. The van der Waals surface area contributed by atoms with E-state index in [0.29, 0.717) is 11.3 Å². The average Bonchev–Trinajstić information content (AvgIpc) is 2.47. The molecule has 21 heavy (non-hydrogen) atoms. The van der Waals surface area contributed by atoms with Crippen LogP contribution in [0.5, 0.6) is 5.75 Å². The smallest absolute Gasteiger partial charge is 0.134 e. The lowest BCUT2D eigenvalue weighted by Gasteiger charge is -2.15. The van der Waals surface area contributed by atoms with Gasteiger partial charge in [0.1, 0.15) is 18.2 Å². The van der Waals surface area contributed by atoms with Crippen molar-refractivity contribution >= 4 is 15.9 Å². The molecule has 1 N–H and O–H groups in total. The Morgan fingerprint density at radius 1 is 1.24 bits per heavy atom. The lowest BCUT2D eigenvalue weighted by Crippen LogP contribution is -2.17. The molecule has 0 aliphatic carbocycles. The number of rotatable bonds is 6. The van der Waals surface area contributed by atoms with Crippen molar-refractivity contribution in [3.63, 3.8) is 0 Å². The van der Waals surface area contributed by atoms with Crippen molar-refractivity contribution in [1.82, 2.24) is 5.32 Å². The molecule has 0 saturated carbocycles. The van der Waals surface area contributed by atoms with Crippen LogP contribution >= 0.6 is 15.9 Å². The maximum Gasteiger partial charge on any atom is 0.134 e. The molecule has 1 atom stereocenters. The molecule has 0 aliphatic rings. The third kappa shape index (κ3) is 4.29. The minimum absolute atomic E-state index is 0.216. The van der Waals surface area contributed by atoms with Crippen molar-refractivity contribution in [3.05, 3.63) is 63.9 Å². The van der Waals surface area contributed by atoms with Crippen LogP contribution in [0.3, 0.4) is 0 Å². The van der Waals surface area contributed by atoms with Crippen LogP contribution in [-0.4, -0.2) is 6.54 Å². The Labute approximate surface area is 133 Å². The second-order valence-electron chi connectivity index (χ2n) is 4.85. The molecular formula is C17H19BrFNO. The first-order valence-corrected chi connectivity index (χ1v) is 7.80. The van der Waals surface area contributed by atoms with Gasteiger partial charge in [0.15, 0.2) is 0 Å². The van der Waals surface area contributed by atoms with Crippen LogP contribution in [0.15, 0.2) is 46.9 Å². The highest BCUT2D eigenvalue weighted by atomic mass is 79.9. The standard InChI is InChI=1S/C17H19BrFNO/c1-3-20-12(2)13-8-9-17(15(18)10-13)21-11-14-6-4-5-7-16(14)19/h4-10,12,20H,3,11H2,1-2H3. The third-order valence-electron chi connectivity index (χ3n) is 3.31. The molecule has 0 aliphatic heterocycles. The predicted octanol–water partition coefficient (Wildman–Crippen LogP) is 4.84. The Morgan fingerprint density at radius 3 is 2.67 bits per heavy atom. The van der Waals surface area contributed by atoms with Crippen LogP contribution in [0.1, 0.15) is 31.0 Å². The van der Waals surface area contributed by atoms with Crippen molar-refractivity contribution in [2.24, 2.45) is 0 Å². The van der Waals surface area contributed by atoms with Crippen LogP contribution in [0.2, 0.25) is 0 Å². The summed E-state index contributed by atoms with van der Waals surface area (Å²) in [7, 11) is 0. The van der Waals surface area contributed by atoms with Gasteiger partial charge in [0.2, 0.25) is 0 Å². The summed E-state index contributed by atoms with van der Waals surface area (Å²) in [4.78, 5) is 0. The number of halogens is 2. The highest BCUT2D eigenvalue weighted by Crippen LogP contribution is 2.29. The first-order valence-electron chi connectivity index (χ1n) is 7.01. The Hall–Kier alpha value is -1.39. The van der Waals surface area contributed by atoms with Gasteiger partial charge >= 0.3 is 0 Å². The van der Waals surface area contributed by atoms with Gasteiger partial charge in [-0.3, -0.25) is 0 Å². The van der Waals surface area contributed by atoms with Gasteiger partial charge in [-0.15, -0.1) is 0 Å². The fraction of sp³-hybridized carbons (Fsp3) is 0.294. The normalized spacial score (nSPS) is 12.2. The zero-order valence-electron chi connectivity index (χ0n) is 12.2. The quantitative estimate of drug-likeness (QED) is 0.803. The van der Waals surface area contributed by atoms with Crippen LogP contribution in [-0.2, 0) is 6.61 Å². The van der Waals surface area contributed by atoms with E-state index in [1.165, 1.54) is 11.6 Å². The van der Waals surface area contributed by atoms with E-state index in [4.69, 9.17) is 4.74 Å². The molecule has 0 amide bonds. The predicted molar refractivity (Wildman–Crippen MR) is 87.0 cm³/mol. The molecule has 0 heterocycles. The van der Waals surface area contributed by atoms with Gasteiger partial charge in [0, 0.05) is 11.6 Å². The molecule has 112 valence electrons. The zero-order chi connectivity index (χ0) is 15.2. The van der Waals surface area contributed by atoms with Gasteiger partial charge in [-0.25, -0.2) is 4.39 Å². The monoisotopic (exact) mass is 351 g/mol. The van der Waals surface area contributed by atoms with Crippen molar-refractivity contribution in [2.75, 3.05) is 6.54 Å². The number of hydrogen-bond acceptors (Lipinski definition) is 2. The van der Waals surface area contributed by atoms with Gasteiger partial charge in [0.25, 0.3) is 0 Å². The van der Waals surface area contributed by atoms with E-state index in [1.54, 1.807) is 18.2 Å². The van der Waals surface area contributed by atoms with Gasteiger partial charge in [-0.2, -0.15) is 0 Å². The maximum absolute atomic E-state index is 13.5. The van der Waals surface area contributed by atoms with Gasteiger partial charge in [-0.05, 0) is 53.2 Å². The largest absolute Gasteiger partial charge is 0.488 e. The lowest BCUT2D eigenvalue weighted by molar-refractivity contribution is 0.298. The van der Waals surface area contributed by atoms with E-state index in [0.717, 1.165) is 11.0 Å². The minimum Gasteiger partial charge on any atom is -0.488 e. The van der Waals surface area contributed by atoms with Crippen molar-refractivity contribution in [2.45, 2.75) is 26.5 Å². The molecule has 0 spiro atoms. The summed E-state index contributed by atoms with van der Waals surface area (Å²) in [6.07, 6.45) is 0. The molecule has 2 aromatic carbocycles. The molecular weight excluding hydrogens is 333 g/mol. The first-order chi connectivity index (χ1) is 10.1. The highest BCUT2D eigenvalue weighted by Gasteiger charge is 2.09. The number of nitrogens with one attached hydrogen (secondary N) is 1. The van der Waals surface area contributed by atoms with Crippen LogP contribution < -0.4 is 10.1 Å². The molecule has 1 unspecified atom stereocenters. The summed E-state index contributed by atoms with van der Waals surface area (Å²) in [6.45, 7) is 5.33. The Kier molecular flexibility index (Phi) is 5.76. The van der Waals surface area contributed by atoms with E-state index in [9.17, 15) is 4.39 Å². The van der Waals surface area contributed by atoms with Crippen molar-refractivity contribution in [3.8, 4) is 5.75 Å². The Morgan fingerprint density at radius 2 is 2.00 bits per heavy atom. The van der Waals surface area contributed by atoms with E-state index < -0.39 is 0 Å². The summed E-state index contributed by atoms with van der Waals surface area (Å²) >= 11 is 3.51. The molecule has 4 heteroatoms. The molecule has 0 saturated heterocycles. The summed E-state index contributed by atoms with van der Waals surface area (Å²) in [5.74, 6) is 0.469. The van der Waals surface area contributed by atoms with Gasteiger partial charge in [0.05, 0.1) is 4.47 Å². The third-order valence-corrected chi connectivity index (χ3v) is 3.93. The van der Waals surface area contributed by atoms with Crippen molar-refractivity contribution < 1.29 is 9.13 Å². The topological polar surface area (TPSA) is 21.3 Å². The van der Waals surface area contributed by atoms with Crippen LogP contribution in [0.4, 0.5) is 4.39 Å². The molecule has 2 rings (SSSR count). The van der Waals surface area contributed by atoms with Gasteiger partial charge < -0.3 is 10.1 Å². The first kappa shape index (κ1) is 16.0. The number of ether oxygens (including phenoxy) is 1. The SMILES string of the molecule is CCNC(C)c1ccc(OCc2ccccc2F)c(Br)c1. The van der Waals surface area contributed by atoms with E-state index >= 15 is 0 Å². The zero-order valence-corrected chi connectivity index (χ0v) is 13.8. The van der Waals surface area contributed by atoms with E-state index in [-0.39, 0.29) is 18.5 Å². The summed E-state index contributed by atoms with van der Waals surface area (Å²) in [6, 6.07) is 12.9. The lowest BCUT2D eigenvalue weighted by atomic mass is 10.1. The van der Waals surface area contributed by atoms with Crippen LogP contribution in [0.25, 0.3) is 0 Å². The fourth-order valence-electron chi connectivity index (χ4n) is 2.10. The van der Waals surface area contributed by atoms with E-state index in [1.807, 2.05) is 18.2 Å². The summed E-state index contributed by atoms with van der Waals surface area (Å²) < 4.78 is 20.1. The molecule has 2 nitrogen and oxygen atoms in total. The number of hydrogen-bond donors (Lipinski definition) is 1. The Balaban J connectivity index is 2.06. The molecule has 2 aromatic rings. The van der Waals surface area contributed by atoms with Gasteiger partial charge in [-0.1, -0.05) is 31.2 Å². The second kappa shape index (κ2) is 7.57. The maximum atomic E-state index is 13.5.